The zero-order chi connectivity index (χ0) is 19.5. The molecule has 1 unspecified atom stereocenters. The summed E-state index contributed by atoms with van der Waals surface area (Å²) in [5.41, 5.74) is -1.63. The third-order valence-electron chi connectivity index (χ3n) is 2.20. The number of carbonyl (C=O) groups is 2. The first-order chi connectivity index (χ1) is 10.4. The largest absolute Gasteiger partial charge is 0.458 e. The summed E-state index contributed by atoms with van der Waals surface area (Å²) in [6, 6.07) is -1.34. The second-order valence-electron chi connectivity index (χ2n) is 6.81. The lowest BCUT2D eigenvalue weighted by Crippen LogP contribution is -2.49. The molecule has 0 aliphatic carbocycles. The normalized spacial score (nSPS) is 19.3. The molecule has 6 heteroatoms. The summed E-state index contributed by atoms with van der Waals surface area (Å²) >= 11 is 0. The van der Waals surface area contributed by atoms with Crippen LogP contribution in [0.3, 0.4) is 0 Å². The van der Waals surface area contributed by atoms with Gasteiger partial charge in [0, 0.05) is 7.93 Å². The Kier molecular flexibility index (Phi) is 5.32. The number of alkyl carbamates (subject to hydrolysis) is 1. The van der Waals surface area contributed by atoms with Crippen molar-refractivity contribution in [3.8, 4) is 0 Å². The average molecular weight is 306 g/mol. The zero-order valence-corrected chi connectivity index (χ0v) is 13.8. The zero-order valence-electron chi connectivity index (χ0n) is 16.8. The molecule has 2 N–H and O–H groups in total. The van der Waals surface area contributed by atoms with Gasteiger partial charge in [-0.2, -0.15) is 0 Å². The summed E-state index contributed by atoms with van der Waals surface area (Å²) in [5.74, 6) is -1.89. The van der Waals surface area contributed by atoms with E-state index < -0.39 is 48.2 Å². The molecule has 21 heavy (non-hydrogen) atoms. The first-order valence-electron chi connectivity index (χ1n) is 8.39. The Balaban J connectivity index is 5.37. The smallest absolute Gasteiger partial charge is 0.408 e. The summed E-state index contributed by atoms with van der Waals surface area (Å²) < 4.78 is 32.6. The number of nitrogens with one attached hydrogen (secondary N) is 1. The quantitative estimate of drug-likeness (QED) is 0.761. The maximum Gasteiger partial charge on any atom is 0.408 e. The molecule has 0 saturated carbocycles. The Hall–Kier alpha value is -1.30. The van der Waals surface area contributed by atoms with Crippen molar-refractivity contribution in [3.05, 3.63) is 0 Å². The molecule has 3 atom stereocenters. The summed E-state index contributed by atoms with van der Waals surface area (Å²) in [6.07, 6.45) is -2.57. The third kappa shape index (κ3) is 9.28. The van der Waals surface area contributed by atoms with Gasteiger partial charge >= 0.3 is 12.1 Å². The lowest BCUT2D eigenvalue weighted by atomic mass is 9.98. The van der Waals surface area contributed by atoms with Gasteiger partial charge in [0.1, 0.15) is 17.2 Å². The van der Waals surface area contributed by atoms with Gasteiger partial charge in [0.25, 0.3) is 0 Å². The van der Waals surface area contributed by atoms with Gasteiger partial charge < -0.3 is 19.9 Å². The van der Waals surface area contributed by atoms with Crippen LogP contribution in [-0.2, 0) is 14.3 Å². The molecule has 0 aliphatic heterocycles. The maximum atomic E-state index is 12.4. The average Bonchev–Trinajstić information content (AvgIpc) is 2.28. The minimum absolute atomic E-state index is 0.794. The summed E-state index contributed by atoms with van der Waals surface area (Å²) in [5, 5.41) is 11.7. The fourth-order valence-electron chi connectivity index (χ4n) is 1.42. The van der Waals surface area contributed by atoms with Crippen LogP contribution in [0.25, 0.3) is 0 Å². The highest BCUT2D eigenvalue weighted by atomic mass is 16.6. The molecule has 0 spiro atoms. The highest BCUT2D eigenvalue weighted by Gasteiger charge is 2.32. The molecular formula is C15H29NO5. The van der Waals surface area contributed by atoms with E-state index in [1.807, 2.05) is 0 Å². The second kappa shape index (κ2) is 7.64. The van der Waals surface area contributed by atoms with Crippen molar-refractivity contribution >= 4 is 12.1 Å². The second-order valence-corrected chi connectivity index (χ2v) is 6.81. The molecule has 0 rings (SSSR count). The lowest BCUT2D eigenvalue weighted by molar-refractivity contribution is -0.159. The van der Waals surface area contributed by atoms with E-state index in [4.69, 9.17) is 13.6 Å². The standard InChI is InChI=1S/C15H29NO5/c1-10(8-9-17)11(12(18)20-14(2,3)4)16-13(19)21-15(5,6)7/h10-11,17H,8-9H2,1-7H3,(H,16,19)/t10-,11-/m0/s1/i8D,9D2/t8?,10-,11-. The van der Waals surface area contributed by atoms with Gasteiger partial charge in [0.05, 0.1) is 2.74 Å². The number of rotatable bonds is 5. The van der Waals surface area contributed by atoms with E-state index in [1.165, 1.54) is 6.92 Å². The van der Waals surface area contributed by atoms with Crippen molar-refractivity contribution in [1.29, 1.82) is 0 Å². The van der Waals surface area contributed by atoms with Crippen LogP contribution in [0.4, 0.5) is 4.79 Å². The van der Waals surface area contributed by atoms with Gasteiger partial charge in [-0.3, -0.25) is 0 Å². The molecule has 0 heterocycles. The van der Waals surface area contributed by atoms with E-state index in [0.29, 0.717) is 0 Å². The highest BCUT2D eigenvalue weighted by Crippen LogP contribution is 2.16. The van der Waals surface area contributed by atoms with Crippen LogP contribution >= 0.6 is 0 Å². The number of esters is 1. The first kappa shape index (κ1) is 14.6. The molecular weight excluding hydrogens is 274 g/mol. The molecule has 6 nitrogen and oxygen atoms in total. The van der Waals surface area contributed by atoms with Crippen LogP contribution in [0.5, 0.6) is 0 Å². The van der Waals surface area contributed by atoms with Crippen molar-refractivity contribution < 1.29 is 28.3 Å². The molecule has 0 aromatic rings. The van der Waals surface area contributed by atoms with Crippen molar-refractivity contribution in [3.63, 3.8) is 0 Å². The van der Waals surface area contributed by atoms with Crippen LogP contribution in [0.15, 0.2) is 0 Å². The van der Waals surface area contributed by atoms with Crippen molar-refractivity contribution in [1.82, 2.24) is 5.32 Å². The van der Waals surface area contributed by atoms with Crippen LogP contribution in [0.1, 0.15) is 59.0 Å². The molecule has 0 fully saturated rings. The van der Waals surface area contributed by atoms with Gasteiger partial charge in [-0.15, -0.1) is 0 Å². The van der Waals surface area contributed by atoms with Crippen LogP contribution < -0.4 is 5.32 Å². The maximum absolute atomic E-state index is 12.4. The summed E-state index contributed by atoms with van der Waals surface area (Å²) in [7, 11) is 0. The summed E-state index contributed by atoms with van der Waals surface area (Å²) in [4.78, 5) is 24.3. The van der Waals surface area contributed by atoms with Gasteiger partial charge in [-0.05, 0) is 53.9 Å². The topological polar surface area (TPSA) is 84.9 Å². The van der Waals surface area contributed by atoms with Crippen molar-refractivity contribution in [2.24, 2.45) is 5.92 Å². The van der Waals surface area contributed by atoms with E-state index in [1.54, 1.807) is 41.5 Å². The van der Waals surface area contributed by atoms with Crippen LogP contribution in [0, 0.1) is 5.92 Å². The summed E-state index contributed by atoms with van der Waals surface area (Å²) in [6.45, 7) is 8.41. The molecule has 1 amide bonds. The highest BCUT2D eigenvalue weighted by molar-refractivity contribution is 5.82. The van der Waals surface area contributed by atoms with Gasteiger partial charge in [-0.25, -0.2) is 9.59 Å². The Labute approximate surface area is 131 Å². The first-order valence-corrected chi connectivity index (χ1v) is 6.81. The number of hydrogen-bond acceptors (Lipinski definition) is 5. The van der Waals surface area contributed by atoms with Crippen molar-refractivity contribution in [2.75, 3.05) is 6.56 Å². The Morgan fingerprint density at radius 3 is 2.00 bits per heavy atom. The van der Waals surface area contributed by atoms with E-state index in [9.17, 15) is 14.7 Å². The van der Waals surface area contributed by atoms with Crippen molar-refractivity contribution in [2.45, 2.75) is 72.1 Å². The van der Waals surface area contributed by atoms with Gasteiger partial charge in [-0.1, -0.05) is 6.92 Å². The van der Waals surface area contributed by atoms with Gasteiger partial charge in [0.2, 0.25) is 0 Å². The molecule has 124 valence electrons. The molecule has 0 aliphatic rings. The number of carbonyl (C=O) groups excluding carboxylic acids is 2. The number of ether oxygens (including phenoxy) is 2. The van der Waals surface area contributed by atoms with E-state index in [-0.39, 0.29) is 0 Å². The minimum Gasteiger partial charge on any atom is -0.458 e. The molecule has 0 aromatic carbocycles. The fraction of sp³-hybridized carbons (Fsp3) is 0.867. The van der Waals surface area contributed by atoms with E-state index in [2.05, 4.69) is 5.32 Å². The predicted molar refractivity (Wildman–Crippen MR) is 79.9 cm³/mol. The fourth-order valence-corrected chi connectivity index (χ4v) is 1.42. The lowest BCUT2D eigenvalue weighted by Gasteiger charge is -2.29. The van der Waals surface area contributed by atoms with Gasteiger partial charge in [0.15, 0.2) is 0 Å². The monoisotopic (exact) mass is 306 g/mol. The van der Waals surface area contributed by atoms with E-state index in [0.717, 1.165) is 0 Å². The SMILES string of the molecule is [2H]C([C@H](C)[C@H](NC(=O)OC(C)(C)C)C(=O)OC(C)(C)C)C([2H])([2H])O. The Morgan fingerprint density at radius 2 is 1.62 bits per heavy atom. The van der Waals surface area contributed by atoms with E-state index >= 15 is 0 Å². The van der Waals surface area contributed by atoms with Crippen LogP contribution in [-0.4, -0.2) is 41.0 Å². The number of amides is 1. The molecule has 0 bridgehead atoms. The molecule has 0 radical (unpaired) electrons. The Bertz CT molecular complexity index is 451. The minimum atomic E-state index is -2.84. The van der Waals surface area contributed by atoms with Crippen LogP contribution in [0.2, 0.25) is 0 Å². The predicted octanol–water partition coefficient (Wildman–Crippen LogP) is 2.24. The molecule has 0 saturated heterocycles. The number of aliphatic hydroxyl groups is 1. The number of hydrogen-bond donors (Lipinski definition) is 2. The third-order valence-corrected chi connectivity index (χ3v) is 2.20. The molecule has 0 aromatic heterocycles. The Morgan fingerprint density at radius 1 is 1.14 bits per heavy atom.